The monoisotopic (exact) mass is 294 g/mol. The van der Waals surface area contributed by atoms with E-state index in [2.05, 4.69) is 4.98 Å². The van der Waals surface area contributed by atoms with Crippen molar-refractivity contribution in [1.29, 1.82) is 0 Å². The van der Waals surface area contributed by atoms with Gasteiger partial charge in [-0.05, 0) is 18.2 Å². The molecule has 2 aromatic rings. The summed E-state index contributed by atoms with van der Waals surface area (Å²) in [6.07, 6.45) is 0.854. The minimum absolute atomic E-state index is 0.165. The third-order valence-corrected chi connectivity index (χ3v) is 3.32. The maximum atomic E-state index is 13.5. The normalized spacial score (nSPS) is 10.2. The molecule has 0 aliphatic heterocycles. The summed E-state index contributed by atoms with van der Waals surface area (Å²) in [7, 11) is 0. The van der Waals surface area contributed by atoms with Crippen LogP contribution in [0.25, 0.3) is 0 Å². The Kier molecular flexibility index (Phi) is 3.94. The molecule has 0 fully saturated rings. The molecule has 102 valence electrons. The van der Waals surface area contributed by atoms with Gasteiger partial charge in [-0.1, -0.05) is 23.9 Å². The van der Waals surface area contributed by atoms with Gasteiger partial charge in [0, 0.05) is 4.90 Å². The van der Waals surface area contributed by atoms with Crippen LogP contribution in [0.2, 0.25) is 0 Å². The number of carbonyl (C=O) groups is 1. The van der Waals surface area contributed by atoms with Crippen LogP contribution in [-0.2, 0) is 0 Å². The van der Waals surface area contributed by atoms with Gasteiger partial charge in [-0.25, -0.2) is 14.2 Å². The third kappa shape index (κ3) is 2.91. The van der Waals surface area contributed by atoms with E-state index >= 15 is 0 Å². The average molecular weight is 294 g/mol. The first kappa shape index (κ1) is 13.9. The highest BCUT2D eigenvalue weighted by molar-refractivity contribution is 7.99. The predicted molar refractivity (Wildman–Crippen MR) is 68.4 cm³/mol. The largest absolute Gasteiger partial charge is 0.477 e. The fourth-order valence-electron chi connectivity index (χ4n) is 1.44. The van der Waals surface area contributed by atoms with Crippen molar-refractivity contribution in [2.75, 3.05) is 0 Å². The molecular weight excluding hydrogens is 287 g/mol. The van der Waals surface area contributed by atoms with Crippen molar-refractivity contribution in [3.05, 3.63) is 58.0 Å². The number of halogens is 1. The SMILES string of the molecule is O=C(O)c1cc(Sc2ccccc2F)ncc1[N+](=O)[O-]. The van der Waals surface area contributed by atoms with Gasteiger partial charge in [0.05, 0.1) is 4.92 Å². The minimum atomic E-state index is -1.44. The highest BCUT2D eigenvalue weighted by atomic mass is 32.2. The lowest BCUT2D eigenvalue weighted by atomic mass is 10.2. The molecule has 1 heterocycles. The topological polar surface area (TPSA) is 93.3 Å². The molecule has 1 aromatic carbocycles. The number of carboxylic acid groups (broad SMARTS) is 1. The fourth-order valence-corrected chi connectivity index (χ4v) is 2.26. The van der Waals surface area contributed by atoms with Crippen LogP contribution in [0.15, 0.2) is 46.5 Å². The molecule has 0 aliphatic rings. The summed E-state index contributed by atoms with van der Waals surface area (Å²) in [6.45, 7) is 0. The van der Waals surface area contributed by atoms with Crippen LogP contribution in [0.1, 0.15) is 10.4 Å². The second-order valence-corrected chi connectivity index (χ2v) is 4.70. The second kappa shape index (κ2) is 5.66. The van der Waals surface area contributed by atoms with Crippen LogP contribution >= 0.6 is 11.8 Å². The highest BCUT2D eigenvalue weighted by Gasteiger charge is 2.21. The smallest absolute Gasteiger partial charge is 0.342 e. The number of rotatable bonds is 4. The summed E-state index contributed by atoms with van der Waals surface area (Å²) in [4.78, 5) is 24.9. The maximum Gasteiger partial charge on any atom is 0.342 e. The zero-order valence-electron chi connectivity index (χ0n) is 9.82. The summed E-state index contributed by atoms with van der Waals surface area (Å²) in [6, 6.07) is 6.95. The van der Waals surface area contributed by atoms with Crippen molar-refractivity contribution < 1.29 is 19.2 Å². The van der Waals surface area contributed by atoms with Gasteiger partial charge in [0.25, 0.3) is 0 Å². The summed E-state index contributed by atoms with van der Waals surface area (Å²) in [5.41, 5.74) is -1.08. The van der Waals surface area contributed by atoms with E-state index in [1.165, 1.54) is 18.2 Å². The zero-order chi connectivity index (χ0) is 14.7. The molecule has 0 saturated heterocycles. The van der Waals surface area contributed by atoms with E-state index < -0.39 is 28.0 Å². The first-order valence-electron chi connectivity index (χ1n) is 5.29. The Balaban J connectivity index is 2.40. The van der Waals surface area contributed by atoms with Crippen LogP contribution in [-0.4, -0.2) is 21.0 Å². The summed E-state index contributed by atoms with van der Waals surface area (Å²) in [5, 5.41) is 19.8. The van der Waals surface area contributed by atoms with E-state index in [-0.39, 0.29) is 9.92 Å². The molecule has 0 aliphatic carbocycles. The minimum Gasteiger partial charge on any atom is -0.477 e. The number of aromatic carboxylic acids is 1. The number of nitro groups is 1. The van der Waals surface area contributed by atoms with Crippen molar-refractivity contribution >= 4 is 23.4 Å². The Morgan fingerprint density at radius 3 is 2.70 bits per heavy atom. The van der Waals surface area contributed by atoms with Crippen LogP contribution in [0.5, 0.6) is 0 Å². The first-order chi connectivity index (χ1) is 9.49. The van der Waals surface area contributed by atoms with Crippen molar-refractivity contribution in [3.8, 4) is 0 Å². The van der Waals surface area contributed by atoms with Gasteiger partial charge in [-0.15, -0.1) is 0 Å². The van der Waals surface area contributed by atoms with Gasteiger partial charge in [0.2, 0.25) is 0 Å². The van der Waals surface area contributed by atoms with E-state index in [0.29, 0.717) is 0 Å². The fraction of sp³-hybridized carbons (Fsp3) is 0. The first-order valence-corrected chi connectivity index (χ1v) is 6.11. The number of hydrogen-bond acceptors (Lipinski definition) is 5. The summed E-state index contributed by atoms with van der Waals surface area (Å²) in [5.74, 6) is -1.91. The van der Waals surface area contributed by atoms with Gasteiger partial charge in [0.15, 0.2) is 0 Å². The molecule has 0 atom stereocenters. The van der Waals surface area contributed by atoms with Crippen molar-refractivity contribution in [1.82, 2.24) is 4.98 Å². The number of pyridine rings is 1. The number of carboxylic acids is 1. The zero-order valence-corrected chi connectivity index (χ0v) is 10.6. The van der Waals surface area contributed by atoms with E-state index in [1.54, 1.807) is 6.07 Å². The standard InChI is InChI=1S/C12H7FN2O4S/c13-8-3-1-2-4-10(8)20-11-5-7(12(16)17)9(6-14-11)15(18)19/h1-6H,(H,16,17). The molecule has 0 bridgehead atoms. The van der Waals surface area contributed by atoms with Crippen molar-refractivity contribution in [2.45, 2.75) is 9.92 Å². The van der Waals surface area contributed by atoms with Crippen LogP contribution in [0.4, 0.5) is 10.1 Å². The second-order valence-electron chi connectivity index (χ2n) is 3.63. The highest BCUT2D eigenvalue weighted by Crippen LogP contribution is 2.30. The third-order valence-electron chi connectivity index (χ3n) is 2.34. The van der Waals surface area contributed by atoms with E-state index in [9.17, 15) is 19.3 Å². The molecule has 1 N–H and O–H groups in total. The van der Waals surface area contributed by atoms with Crippen LogP contribution in [0.3, 0.4) is 0 Å². The number of benzene rings is 1. The lowest BCUT2D eigenvalue weighted by Crippen LogP contribution is -2.03. The molecule has 6 nitrogen and oxygen atoms in total. The van der Waals surface area contributed by atoms with E-state index in [4.69, 9.17) is 5.11 Å². The summed E-state index contributed by atoms with van der Waals surface area (Å²) < 4.78 is 13.5. The molecule has 0 saturated carbocycles. The quantitative estimate of drug-likeness (QED) is 0.688. The molecule has 8 heteroatoms. The lowest BCUT2D eigenvalue weighted by Gasteiger charge is -2.03. The van der Waals surface area contributed by atoms with Crippen molar-refractivity contribution in [3.63, 3.8) is 0 Å². The Labute approximate surface area is 116 Å². The lowest BCUT2D eigenvalue weighted by molar-refractivity contribution is -0.385. The van der Waals surface area contributed by atoms with E-state index in [1.807, 2.05) is 0 Å². The number of aromatic nitrogens is 1. The molecule has 0 amide bonds. The van der Waals surface area contributed by atoms with E-state index in [0.717, 1.165) is 24.0 Å². The molecule has 1 aromatic heterocycles. The van der Waals surface area contributed by atoms with Gasteiger partial charge < -0.3 is 5.11 Å². The molecular formula is C12H7FN2O4S. The average Bonchev–Trinajstić information content (AvgIpc) is 2.41. The molecule has 0 radical (unpaired) electrons. The Morgan fingerprint density at radius 2 is 2.10 bits per heavy atom. The molecule has 2 rings (SSSR count). The maximum absolute atomic E-state index is 13.5. The number of hydrogen-bond donors (Lipinski definition) is 1. The van der Waals surface area contributed by atoms with Crippen molar-refractivity contribution in [2.24, 2.45) is 0 Å². The molecule has 0 unspecified atom stereocenters. The van der Waals surface area contributed by atoms with Gasteiger partial charge in [-0.2, -0.15) is 0 Å². The Bertz CT molecular complexity index is 693. The van der Waals surface area contributed by atoms with Crippen LogP contribution < -0.4 is 0 Å². The molecule has 20 heavy (non-hydrogen) atoms. The number of nitrogens with zero attached hydrogens (tertiary/aromatic N) is 2. The van der Waals surface area contributed by atoms with Gasteiger partial charge in [-0.3, -0.25) is 10.1 Å². The predicted octanol–water partition coefficient (Wildman–Crippen LogP) is 2.98. The Morgan fingerprint density at radius 1 is 1.40 bits per heavy atom. The van der Waals surface area contributed by atoms with Gasteiger partial charge in [0.1, 0.15) is 22.6 Å². The van der Waals surface area contributed by atoms with Crippen LogP contribution in [0, 0.1) is 15.9 Å². The Hall–Kier alpha value is -2.48. The molecule has 0 spiro atoms. The van der Waals surface area contributed by atoms with Gasteiger partial charge >= 0.3 is 11.7 Å². The summed E-state index contributed by atoms with van der Waals surface area (Å²) >= 11 is 0.894.